The molecule has 0 fully saturated rings. The van der Waals surface area contributed by atoms with Crippen LogP contribution >= 0.6 is 35.3 Å². The summed E-state index contributed by atoms with van der Waals surface area (Å²) in [6.45, 7) is 4.75. The molecular weight excluding hydrogens is 681 g/mol. The van der Waals surface area contributed by atoms with Crippen LogP contribution in [-0.4, -0.2) is 17.3 Å². The SMILES string of the molecule is CC(=O)c1ccc(Sc2ccc([S+](c3ccc(Sc4ccc(C(C)=O)cc4)cc3)c3ccc(Sc4ccc(C(C)=O)cc4)cc3)cc2)cc1. The minimum Gasteiger partial charge on any atom is -0.295 e. The van der Waals surface area contributed by atoms with Crippen molar-refractivity contribution in [2.75, 3.05) is 0 Å². The van der Waals surface area contributed by atoms with Crippen LogP contribution in [0.25, 0.3) is 0 Å². The van der Waals surface area contributed by atoms with Crippen LogP contribution in [0.2, 0.25) is 0 Å². The summed E-state index contributed by atoms with van der Waals surface area (Å²) >= 11 is 5.04. The lowest BCUT2D eigenvalue weighted by atomic mass is 10.2. The Hall–Kier alpha value is -4.27. The summed E-state index contributed by atoms with van der Waals surface area (Å²) in [5.74, 6) is 0.202. The van der Waals surface area contributed by atoms with Gasteiger partial charge in [-0.05, 0) is 130 Å². The van der Waals surface area contributed by atoms with Gasteiger partial charge in [-0.25, -0.2) is 0 Å². The number of Topliss-reactive ketones (excluding diaryl/α,β-unsaturated/α-hetero) is 3. The van der Waals surface area contributed by atoms with E-state index >= 15 is 0 Å². The van der Waals surface area contributed by atoms with E-state index in [0.29, 0.717) is 16.7 Å². The molecule has 0 aliphatic carbocycles. The average Bonchev–Trinajstić information content (AvgIpc) is 3.11. The first kappa shape index (κ1) is 34.6. The van der Waals surface area contributed by atoms with E-state index in [-0.39, 0.29) is 28.2 Å². The molecule has 6 aromatic rings. The van der Waals surface area contributed by atoms with E-state index in [0.717, 1.165) is 29.4 Å². The van der Waals surface area contributed by atoms with Crippen LogP contribution in [0.15, 0.2) is 190 Å². The molecule has 49 heavy (non-hydrogen) atoms. The van der Waals surface area contributed by atoms with E-state index in [9.17, 15) is 14.4 Å². The number of hydrogen-bond donors (Lipinski definition) is 0. The maximum Gasteiger partial charge on any atom is 0.166 e. The molecule has 0 spiro atoms. The maximum absolute atomic E-state index is 11.7. The summed E-state index contributed by atoms with van der Waals surface area (Å²) in [5.41, 5.74) is 2.15. The zero-order valence-corrected chi connectivity index (χ0v) is 30.5. The van der Waals surface area contributed by atoms with Crippen LogP contribution in [0.5, 0.6) is 0 Å². The molecule has 0 N–H and O–H groups in total. The molecule has 0 aliphatic rings. The lowest BCUT2D eigenvalue weighted by Gasteiger charge is -2.11. The van der Waals surface area contributed by atoms with Gasteiger partial charge in [-0.15, -0.1) is 0 Å². The van der Waals surface area contributed by atoms with Gasteiger partial charge in [0, 0.05) is 46.1 Å². The lowest BCUT2D eigenvalue weighted by Crippen LogP contribution is -2.04. The van der Waals surface area contributed by atoms with Crippen molar-refractivity contribution >= 4 is 63.5 Å². The quantitative estimate of drug-likeness (QED) is 0.0929. The van der Waals surface area contributed by atoms with E-state index in [1.54, 1.807) is 56.1 Å². The molecule has 0 bridgehead atoms. The Bertz CT molecular complexity index is 1830. The van der Waals surface area contributed by atoms with Crippen molar-refractivity contribution < 1.29 is 14.4 Å². The fourth-order valence-corrected chi connectivity index (χ4v) is 9.51. The first-order valence-electron chi connectivity index (χ1n) is 15.6. The summed E-state index contributed by atoms with van der Waals surface area (Å²) in [4.78, 5) is 45.4. The summed E-state index contributed by atoms with van der Waals surface area (Å²) in [6.07, 6.45) is 0. The van der Waals surface area contributed by atoms with Gasteiger partial charge >= 0.3 is 0 Å². The molecule has 0 unspecified atom stereocenters. The number of hydrogen-bond acceptors (Lipinski definition) is 6. The molecule has 7 heteroatoms. The monoisotopic (exact) mass is 713 g/mol. The number of carbonyl (C=O) groups excluding carboxylic acids is 3. The van der Waals surface area contributed by atoms with Crippen molar-refractivity contribution in [1.82, 2.24) is 0 Å². The van der Waals surface area contributed by atoms with Gasteiger partial charge in [-0.1, -0.05) is 71.7 Å². The molecule has 0 saturated carbocycles. The second-order valence-electron chi connectivity index (χ2n) is 11.3. The number of rotatable bonds is 12. The maximum atomic E-state index is 11.7. The Labute approximate surface area is 303 Å². The van der Waals surface area contributed by atoms with Crippen molar-refractivity contribution in [2.24, 2.45) is 0 Å². The van der Waals surface area contributed by atoms with Gasteiger partial charge in [0.25, 0.3) is 0 Å². The van der Waals surface area contributed by atoms with E-state index in [1.807, 2.05) is 72.8 Å². The minimum absolute atomic E-state index is 0.0674. The molecule has 0 heterocycles. The number of ketones is 3. The molecule has 0 radical (unpaired) electrons. The third kappa shape index (κ3) is 9.05. The van der Waals surface area contributed by atoms with Crippen LogP contribution in [0, 0.1) is 0 Å². The fourth-order valence-electron chi connectivity index (χ4n) is 5.02. The summed E-state index contributed by atoms with van der Waals surface area (Å²) in [5, 5.41) is 0. The molecule has 6 aromatic carbocycles. The molecule has 0 amide bonds. The molecule has 0 aliphatic heterocycles. The van der Waals surface area contributed by atoms with E-state index in [4.69, 9.17) is 0 Å². The molecular formula is C42H33O3S4+. The largest absolute Gasteiger partial charge is 0.295 e. The van der Waals surface area contributed by atoms with Crippen LogP contribution in [0.1, 0.15) is 51.8 Å². The third-order valence-electron chi connectivity index (χ3n) is 7.67. The zero-order valence-electron chi connectivity index (χ0n) is 27.2. The number of benzene rings is 6. The highest BCUT2D eigenvalue weighted by Gasteiger charge is 2.29. The Kier molecular flexibility index (Phi) is 11.3. The first-order valence-corrected chi connectivity index (χ1v) is 19.3. The first-order chi connectivity index (χ1) is 23.7. The minimum atomic E-state index is -0.344. The van der Waals surface area contributed by atoms with Crippen LogP contribution in [-0.2, 0) is 10.9 Å². The highest BCUT2D eigenvalue weighted by Crippen LogP contribution is 2.37. The molecule has 3 nitrogen and oxygen atoms in total. The van der Waals surface area contributed by atoms with Gasteiger partial charge in [0.1, 0.15) is 0 Å². The standard InChI is InChI=1S/C42H33O3S4/c1-28(43)31-4-10-34(11-5-31)46-37-16-22-40(23-17-37)49(41-24-18-38(19-25-41)47-35-12-6-32(7-13-35)29(2)44)42-26-20-39(21-27-42)48-36-14-8-33(9-15-36)30(3)45/h4-27H,1-3H3/q+1. The van der Waals surface area contributed by atoms with Crippen molar-refractivity contribution in [3.05, 3.63) is 162 Å². The summed E-state index contributed by atoms with van der Waals surface area (Å²) in [6, 6.07) is 49.5. The van der Waals surface area contributed by atoms with E-state index in [2.05, 4.69) is 72.8 Å². The van der Waals surface area contributed by atoms with Crippen molar-refractivity contribution in [2.45, 2.75) is 64.8 Å². The van der Waals surface area contributed by atoms with Crippen molar-refractivity contribution in [3.63, 3.8) is 0 Å². The molecule has 0 aromatic heterocycles. The predicted octanol–water partition coefficient (Wildman–Crippen LogP) is 11.8. The second kappa shape index (κ2) is 16.0. The molecule has 0 atom stereocenters. The predicted molar refractivity (Wildman–Crippen MR) is 203 cm³/mol. The van der Waals surface area contributed by atoms with Crippen LogP contribution in [0.3, 0.4) is 0 Å². The molecule has 242 valence electrons. The molecule has 6 rings (SSSR count). The summed E-state index contributed by atoms with van der Waals surface area (Å²) < 4.78 is 0. The zero-order chi connectivity index (χ0) is 34.3. The number of carbonyl (C=O) groups is 3. The summed E-state index contributed by atoms with van der Waals surface area (Å²) in [7, 11) is -0.344. The molecule has 0 saturated heterocycles. The third-order valence-corrected chi connectivity index (χ3v) is 12.9. The Balaban J connectivity index is 1.25. The van der Waals surface area contributed by atoms with E-state index in [1.165, 1.54) is 14.7 Å². The van der Waals surface area contributed by atoms with E-state index < -0.39 is 0 Å². The Morgan fingerprint density at radius 2 is 0.510 bits per heavy atom. The van der Waals surface area contributed by atoms with Gasteiger partial charge in [0.2, 0.25) is 0 Å². The van der Waals surface area contributed by atoms with Gasteiger partial charge < -0.3 is 0 Å². The lowest BCUT2D eigenvalue weighted by molar-refractivity contribution is 0.100. The average molecular weight is 714 g/mol. The van der Waals surface area contributed by atoms with Crippen LogP contribution in [0.4, 0.5) is 0 Å². The van der Waals surface area contributed by atoms with Crippen molar-refractivity contribution in [3.8, 4) is 0 Å². The van der Waals surface area contributed by atoms with Crippen LogP contribution < -0.4 is 0 Å². The van der Waals surface area contributed by atoms with Gasteiger partial charge in [-0.3, -0.25) is 14.4 Å². The fraction of sp³-hybridized carbons (Fsp3) is 0.0714. The topological polar surface area (TPSA) is 51.2 Å². The van der Waals surface area contributed by atoms with Crippen molar-refractivity contribution in [1.29, 1.82) is 0 Å². The smallest absolute Gasteiger partial charge is 0.166 e. The van der Waals surface area contributed by atoms with Gasteiger partial charge in [-0.2, -0.15) is 0 Å². The highest BCUT2D eigenvalue weighted by molar-refractivity contribution is 8.00. The normalized spacial score (nSPS) is 11.0. The van der Waals surface area contributed by atoms with Gasteiger partial charge in [0.15, 0.2) is 32.0 Å². The second-order valence-corrected chi connectivity index (χ2v) is 16.7. The van der Waals surface area contributed by atoms with Gasteiger partial charge in [0.05, 0.1) is 10.9 Å². The highest BCUT2D eigenvalue weighted by atomic mass is 32.2. The Morgan fingerprint density at radius 1 is 0.327 bits per heavy atom. The Morgan fingerprint density at radius 3 is 0.694 bits per heavy atom.